The first-order valence-corrected chi connectivity index (χ1v) is 19.7. The minimum Gasteiger partial charge on any atom is -0.381 e. The molecule has 18 nitrogen and oxygen atoms in total. The van der Waals surface area contributed by atoms with E-state index in [2.05, 4.69) is 26.0 Å². The zero-order valence-corrected chi connectivity index (χ0v) is 31.3. The molecule has 1 amide bonds. The van der Waals surface area contributed by atoms with Gasteiger partial charge in [-0.3, -0.25) is 29.8 Å². The van der Waals surface area contributed by atoms with Crippen LogP contribution in [0.1, 0.15) is 41.6 Å². The highest BCUT2D eigenvalue weighted by Crippen LogP contribution is 2.47. The number of fused-ring (bicyclic) bond motifs is 2. The molecular formula is C38H38N8O10S. The molecule has 1 aromatic heterocycles. The molecule has 4 aromatic carbocycles. The summed E-state index contributed by atoms with van der Waals surface area (Å²) < 4.78 is 35.2. The maximum Gasteiger partial charge on any atom is 0.299 e. The Morgan fingerprint density at radius 3 is 2.32 bits per heavy atom. The lowest BCUT2D eigenvalue weighted by Crippen LogP contribution is -2.41. The summed E-state index contributed by atoms with van der Waals surface area (Å²) in [6.45, 7) is 2.66. The molecule has 19 heteroatoms. The number of piperidine rings is 1. The molecule has 2 heterocycles. The predicted octanol–water partition coefficient (Wildman–Crippen LogP) is 5.49. The number of carbonyl (C=O) groups excluding carboxylic acids is 2. The number of anilines is 4. The van der Waals surface area contributed by atoms with Crippen LogP contribution in [0.4, 0.5) is 34.1 Å². The first-order chi connectivity index (χ1) is 27.4. The van der Waals surface area contributed by atoms with Gasteiger partial charge in [0.15, 0.2) is 11.5 Å². The number of carbonyl (C=O) groups is 2. The number of sulfonamides is 1. The molecule has 296 valence electrons. The number of benzene rings is 4. The van der Waals surface area contributed by atoms with Crippen molar-refractivity contribution in [1.82, 2.24) is 10.5 Å². The van der Waals surface area contributed by atoms with Crippen molar-refractivity contribution < 1.29 is 37.1 Å². The number of hydrogen-bond donors (Lipinski definition) is 4. The van der Waals surface area contributed by atoms with Crippen molar-refractivity contribution in [1.29, 1.82) is 0 Å². The van der Waals surface area contributed by atoms with Gasteiger partial charge < -0.3 is 30.1 Å². The Morgan fingerprint density at radius 1 is 0.930 bits per heavy atom. The minimum atomic E-state index is -3.90. The molecule has 5 aromatic rings. The number of nitrogens with two attached hydrogens (primary N) is 1. The highest BCUT2D eigenvalue weighted by Gasteiger charge is 2.35. The van der Waals surface area contributed by atoms with Crippen LogP contribution in [0.2, 0.25) is 0 Å². The number of aromatic nitrogens is 1. The second kappa shape index (κ2) is 16.3. The molecule has 0 unspecified atom stereocenters. The van der Waals surface area contributed by atoms with Crippen LogP contribution in [0.5, 0.6) is 0 Å². The highest BCUT2D eigenvalue weighted by molar-refractivity contribution is 7.89. The summed E-state index contributed by atoms with van der Waals surface area (Å²) in [5, 5.41) is 41.8. The average Bonchev–Trinajstić information content (AvgIpc) is 3.64. The van der Waals surface area contributed by atoms with Gasteiger partial charge in [-0.15, -0.1) is 0 Å². The minimum absolute atomic E-state index is 0.0432. The summed E-state index contributed by atoms with van der Waals surface area (Å²) in [7, 11) is -3.90. The summed E-state index contributed by atoms with van der Waals surface area (Å²) in [5.41, 5.74) is 3.27. The third kappa shape index (κ3) is 8.25. The van der Waals surface area contributed by atoms with Crippen molar-refractivity contribution in [3.63, 3.8) is 0 Å². The summed E-state index contributed by atoms with van der Waals surface area (Å²) in [6, 6.07) is 18.4. The second-order valence-corrected chi connectivity index (χ2v) is 15.2. The van der Waals surface area contributed by atoms with E-state index in [1.54, 1.807) is 24.3 Å². The Kier molecular flexibility index (Phi) is 11.1. The SMILES string of the molecule is NS(=O)(=O)c1ccc(Nc2cc(N3CCC(C(=O)NCCCOCCCNc4ccc([N+](=O)[O-])cc4[N+](=O)[O-])CC3)c3noc4c3c2C(=O)c2ccccc2-4)cc1. The summed E-state index contributed by atoms with van der Waals surface area (Å²) in [5.74, 6) is 0.0247. The van der Waals surface area contributed by atoms with E-state index in [4.69, 9.17) is 14.4 Å². The molecule has 1 fully saturated rings. The first-order valence-electron chi connectivity index (χ1n) is 18.2. The lowest BCUT2D eigenvalue weighted by molar-refractivity contribution is -0.393. The van der Waals surface area contributed by atoms with Gasteiger partial charge in [0.1, 0.15) is 11.2 Å². The van der Waals surface area contributed by atoms with E-state index in [1.807, 2.05) is 18.2 Å². The fourth-order valence-corrected chi connectivity index (χ4v) is 7.63. The molecule has 1 aliphatic heterocycles. The Hall–Kier alpha value is -6.44. The van der Waals surface area contributed by atoms with Crippen molar-refractivity contribution in [2.24, 2.45) is 11.1 Å². The van der Waals surface area contributed by atoms with E-state index in [-0.39, 0.29) is 39.6 Å². The number of nitro benzene ring substituents is 2. The maximum absolute atomic E-state index is 14.0. The van der Waals surface area contributed by atoms with Gasteiger partial charge in [-0.1, -0.05) is 29.4 Å². The summed E-state index contributed by atoms with van der Waals surface area (Å²) in [4.78, 5) is 50.0. The zero-order valence-electron chi connectivity index (χ0n) is 30.4. The monoisotopic (exact) mass is 798 g/mol. The Balaban J connectivity index is 0.932. The van der Waals surface area contributed by atoms with Crippen LogP contribution in [0, 0.1) is 26.1 Å². The van der Waals surface area contributed by atoms with E-state index < -0.39 is 19.9 Å². The number of amides is 1. The van der Waals surface area contributed by atoms with Gasteiger partial charge in [-0.05, 0) is 62.1 Å². The zero-order chi connectivity index (χ0) is 40.3. The molecule has 0 saturated carbocycles. The van der Waals surface area contributed by atoms with Crippen LogP contribution < -0.4 is 26.0 Å². The van der Waals surface area contributed by atoms with Gasteiger partial charge in [0, 0.05) is 68.2 Å². The normalized spacial score (nSPS) is 14.0. The van der Waals surface area contributed by atoms with Crippen molar-refractivity contribution in [3.05, 3.63) is 104 Å². The third-order valence-corrected chi connectivity index (χ3v) is 10.9. The molecule has 0 bridgehead atoms. The van der Waals surface area contributed by atoms with E-state index in [1.165, 1.54) is 24.3 Å². The highest BCUT2D eigenvalue weighted by atomic mass is 32.2. The molecule has 0 spiro atoms. The topological polar surface area (TPSA) is 255 Å². The largest absolute Gasteiger partial charge is 0.381 e. The number of ketones is 1. The quantitative estimate of drug-likeness (QED) is 0.0537. The number of ether oxygens (including phenoxy) is 1. The summed E-state index contributed by atoms with van der Waals surface area (Å²) >= 11 is 0. The van der Waals surface area contributed by atoms with Crippen molar-refractivity contribution in [2.75, 3.05) is 54.9 Å². The molecule has 57 heavy (non-hydrogen) atoms. The van der Waals surface area contributed by atoms with E-state index in [0.717, 1.165) is 11.8 Å². The van der Waals surface area contributed by atoms with Crippen LogP contribution in [0.3, 0.4) is 0 Å². The molecular weight excluding hydrogens is 761 g/mol. The molecule has 2 aliphatic rings. The summed E-state index contributed by atoms with van der Waals surface area (Å²) in [6.07, 6.45) is 2.29. The molecule has 1 aliphatic carbocycles. The number of nitro groups is 2. The Bertz CT molecular complexity index is 2480. The van der Waals surface area contributed by atoms with Crippen molar-refractivity contribution in [3.8, 4) is 11.3 Å². The van der Waals surface area contributed by atoms with Crippen LogP contribution in [0.25, 0.3) is 22.2 Å². The fourth-order valence-electron chi connectivity index (χ4n) is 7.11. The molecule has 7 rings (SSSR count). The number of nitrogens with zero attached hydrogens (tertiary/aromatic N) is 4. The number of hydrogen-bond acceptors (Lipinski definition) is 14. The number of nitrogens with one attached hydrogen (secondary N) is 3. The second-order valence-electron chi connectivity index (χ2n) is 13.6. The standard InChI is InChI=1S/C38H38N8O10S/c39-57(53,54)26-10-7-24(8-11-26)42-30-22-32(35-34-33(30)36(47)27-5-1-2-6-28(27)37(34)56-43-35)44-17-13-23(14-18-44)38(48)41-16-4-20-55-19-3-15-40-29-12-9-25(45(49)50)21-31(29)46(51)52/h1-2,5-12,21-23,40,42H,3-4,13-20H2,(H,41,48)(H2,39,53,54). The van der Waals surface area contributed by atoms with Gasteiger partial charge in [-0.2, -0.15) is 0 Å². The van der Waals surface area contributed by atoms with E-state index in [0.29, 0.717) is 110 Å². The van der Waals surface area contributed by atoms with Gasteiger partial charge in [0.25, 0.3) is 11.4 Å². The average molecular weight is 799 g/mol. The third-order valence-electron chi connectivity index (χ3n) is 9.98. The van der Waals surface area contributed by atoms with Crippen LogP contribution in [0.15, 0.2) is 82.2 Å². The number of primary sulfonamides is 1. The molecule has 1 saturated heterocycles. The Labute approximate surface area is 325 Å². The Morgan fingerprint density at radius 2 is 1.63 bits per heavy atom. The van der Waals surface area contributed by atoms with Gasteiger partial charge in [-0.25, -0.2) is 13.6 Å². The maximum atomic E-state index is 14.0. The lowest BCUT2D eigenvalue weighted by atomic mass is 9.86. The van der Waals surface area contributed by atoms with Crippen LogP contribution in [-0.2, 0) is 19.6 Å². The van der Waals surface area contributed by atoms with Gasteiger partial charge in [0.05, 0.1) is 43.1 Å². The number of rotatable bonds is 16. The van der Waals surface area contributed by atoms with Crippen LogP contribution in [-0.4, -0.2) is 74.5 Å². The van der Waals surface area contributed by atoms with Crippen molar-refractivity contribution >= 4 is 66.7 Å². The van der Waals surface area contributed by atoms with Gasteiger partial charge >= 0.3 is 0 Å². The number of non-ortho nitro benzene ring substituents is 1. The first kappa shape index (κ1) is 38.8. The van der Waals surface area contributed by atoms with E-state index in [9.17, 15) is 38.2 Å². The molecule has 0 atom stereocenters. The van der Waals surface area contributed by atoms with E-state index >= 15 is 0 Å². The molecule has 0 radical (unpaired) electrons. The molecule has 5 N–H and O–H groups in total. The fraction of sp³-hybridized carbons (Fsp3) is 0.289. The smallest absolute Gasteiger partial charge is 0.299 e. The van der Waals surface area contributed by atoms with Crippen LogP contribution >= 0.6 is 0 Å². The predicted molar refractivity (Wildman–Crippen MR) is 210 cm³/mol. The lowest BCUT2D eigenvalue weighted by Gasteiger charge is -2.33. The van der Waals surface area contributed by atoms with Gasteiger partial charge in [0.2, 0.25) is 15.9 Å². The van der Waals surface area contributed by atoms with Crippen molar-refractivity contribution in [2.45, 2.75) is 30.6 Å².